The molecule has 1 saturated carbocycles. The molecule has 0 atom stereocenters. The molecular formula is C13H15BrN2O4. The zero-order valence-electron chi connectivity index (χ0n) is 10.8. The number of hydrogen-bond acceptors (Lipinski definition) is 4. The molecule has 0 heterocycles. The Morgan fingerprint density at radius 1 is 1.50 bits per heavy atom. The Labute approximate surface area is 124 Å². The standard InChI is InChI=1S/C13H15BrN2O4/c14-10-2-1-9(12(7-10)16(19)20)8-15(11-3-4-11)6-5-13(17)18/h1-2,7,11H,3-6,8H2,(H,17,18). The molecule has 0 amide bonds. The molecule has 2 rings (SSSR count). The van der Waals surface area contributed by atoms with Gasteiger partial charge in [-0.05, 0) is 25.0 Å². The second-order valence-electron chi connectivity index (χ2n) is 4.88. The Bertz CT molecular complexity index is 531. The molecule has 1 fully saturated rings. The predicted octanol–water partition coefficient (Wildman–Crippen LogP) is 2.80. The number of aliphatic carboxylic acids is 1. The van der Waals surface area contributed by atoms with Crippen molar-refractivity contribution >= 4 is 27.6 Å². The number of nitro benzene ring substituents is 1. The second kappa shape index (κ2) is 6.32. The van der Waals surface area contributed by atoms with Gasteiger partial charge in [0.15, 0.2) is 0 Å². The highest BCUT2D eigenvalue weighted by Gasteiger charge is 2.30. The van der Waals surface area contributed by atoms with Gasteiger partial charge in [-0.2, -0.15) is 0 Å². The number of carboxylic acids is 1. The molecule has 6 nitrogen and oxygen atoms in total. The first-order chi connectivity index (χ1) is 9.47. The van der Waals surface area contributed by atoms with Crippen molar-refractivity contribution < 1.29 is 14.8 Å². The van der Waals surface area contributed by atoms with Crippen molar-refractivity contribution in [2.24, 2.45) is 0 Å². The Morgan fingerprint density at radius 2 is 2.20 bits per heavy atom. The van der Waals surface area contributed by atoms with Crippen LogP contribution in [0.5, 0.6) is 0 Å². The van der Waals surface area contributed by atoms with Gasteiger partial charge in [0.2, 0.25) is 0 Å². The Balaban J connectivity index is 2.13. The van der Waals surface area contributed by atoms with Crippen molar-refractivity contribution in [2.45, 2.75) is 31.8 Å². The number of hydrogen-bond donors (Lipinski definition) is 1. The first kappa shape index (κ1) is 14.9. The van der Waals surface area contributed by atoms with E-state index >= 15 is 0 Å². The number of carbonyl (C=O) groups is 1. The van der Waals surface area contributed by atoms with Crippen LogP contribution in [0.4, 0.5) is 5.69 Å². The van der Waals surface area contributed by atoms with Crippen molar-refractivity contribution in [2.75, 3.05) is 6.54 Å². The average Bonchev–Trinajstić information content (AvgIpc) is 3.19. The van der Waals surface area contributed by atoms with Crippen LogP contribution in [0, 0.1) is 10.1 Å². The summed E-state index contributed by atoms with van der Waals surface area (Å²) in [6, 6.07) is 5.33. The Morgan fingerprint density at radius 3 is 2.75 bits per heavy atom. The number of carboxylic acid groups (broad SMARTS) is 1. The monoisotopic (exact) mass is 342 g/mol. The fourth-order valence-electron chi connectivity index (χ4n) is 2.13. The molecule has 0 aliphatic heterocycles. The third-order valence-electron chi connectivity index (χ3n) is 3.29. The molecule has 20 heavy (non-hydrogen) atoms. The second-order valence-corrected chi connectivity index (χ2v) is 5.79. The van der Waals surface area contributed by atoms with E-state index in [2.05, 4.69) is 15.9 Å². The fourth-order valence-corrected chi connectivity index (χ4v) is 2.48. The topological polar surface area (TPSA) is 83.7 Å². The molecule has 0 bridgehead atoms. The quantitative estimate of drug-likeness (QED) is 0.608. The lowest BCUT2D eigenvalue weighted by Gasteiger charge is -2.21. The largest absolute Gasteiger partial charge is 0.481 e. The maximum Gasteiger partial charge on any atom is 0.304 e. The van der Waals surface area contributed by atoms with Crippen LogP contribution in [0.15, 0.2) is 22.7 Å². The molecule has 0 spiro atoms. The van der Waals surface area contributed by atoms with Crippen LogP contribution >= 0.6 is 15.9 Å². The van der Waals surface area contributed by atoms with E-state index in [0.717, 1.165) is 12.8 Å². The minimum Gasteiger partial charge on any atom is -0.481 e. The highest BCUT2D eigenvalue weighted by Crippen LogP contribution is 2.31. The van der Waals surface area contributed by atoms with E-state index in [0.29, 0.717) is 29.2 Å². The molecule has 0 radical (unpaired) electrons. The van der Waals surface area contributed by atoms with Crippen LogP contribution in [0.1, 0.15) is 24.8 Å². The lowest BCUT2D eigenvalue weighted by atomic mass is 10.1. The van der Waals surface area contributed by atoms with Crippen LogP contribution in [0.25, 0.3) is 0 Å². The normalized spacial score (nSPS) is 14.5. The lowest BCUT2D eigenvalue weighted by molar-refractivity contribution is -0.385. The van der Waals surface area contributed by atoms with Crippen LogP contribution < -0.4 is 0 Å². The molecule has 7 heteroatoms. The van der Waals surface area contributed by atoms with Gasteiger partial charge < -0.3 is 5.11 Å². The SMILES string of the molecule is O=C(O)CCN(Cc1ccc(Br)cc1[N+](=O)[O-])C1CC1. The summed E-state index contributed by atoms with van der Waals surface area (Å²) < 4.78 is 0.663. The number of nitrogens with zero attached hydrogens (tertiary/aromatic N) is 2. The van der Waals surface area contributed by atoms with Gasteiger partial charge in [0.25, 0.3) is 5.69 Å². The van der Waals surface area contributed by atoms with Crippen molar-refractivity contribution in [1.29, 1.82) is 0 Å². The zero-order chi connectivity index (χ0) is 14.7. The number of nitro groups is 1. The van der Waals surface area contributed by atoms with E-state index in [-0.39, 0.29) is 12.1 Å². The molecule has 1 aromatic rings. The van der Waals surface area contributed by atoms with Crippen molar-refractivity contribution in [1.82, 2.24) is 4.90 Å². The lowest BCUT2D eigenvalue weighted by Crippen LogP contribution is -2.28. The number of benzene rings is 1. The maximum atomic E-state index is 11.1. The van der Waals surface area contributed by atoms with E-state index in [1.54, 1.807) is 12.1 Å². The van der Waals surface area contributed by atoms with E-state index < -0.39 is 10.9 Å². The zero-order valence-corrected chi connectivity index (χ0v) is 12.4. The van der Waals surface area contributed by atoms with Gasteiger partial charge in [0.05, 0.1) is 11.3 Å². The fraction of sp³-hybridized carbons (Fsp3) is 0.462. The smallest absolute Gasteiger partial charge is 0.304 e. The molecule has 0 unspecified atom stereocenters. The summed E-state index contributed by atoms with van der Waals surface area (Å²) in [6.07, 6.45) is 2.12. The van der Waals surface area contributed by atoms with Crippen molar-refractivity contribution in [3.05, 3.63) is 38.3 Å². The average molecular weight is 343 g/mol. The third-order valence-corrected chi connectivity index (χ3v) is 3.79. The van der Waals surface area contributed by atoms with E-state index in [1.807, 2.05) is 4.90 Å². The minimum absolute atomic E-state index is 0.0564. The van der Waals surface area contributed by atoms with E-state index in [9.17, 15) is 14.9 Å². The minimum atomic E-state index is -0.846. The Kier molecular flexibility index (Phi) is 4.72. The first-order valence-electron chi connectivity index (χ1n) is 6.36. The first-order valence-corrected chi connectivity index (χ1v) is 7.15. The van der Waals surface area contributed by atoms with Crippen LogP contribution in [-0.2, 0) is 11.3 Å². The van der Waals surface area contributed by atoms with Crippen molar-refractivity contribution in [3.8, 4) is 0 Å². The highest BCUT2D eigenvalue weighted by atomic mass is 79.9. The summed E-state index contributed by atoms with van der Waals surface area (Å²) in [4.78, 5) is 23.4. The summed E-state index contributed by atoms with van der Waals surface area (Å²) in [5.74, 6) is -0.846. The summed E-state index contributed by atoms with van der Waals surface area (Å²) >= 11 is 3.23. The molecule has 0 saturated heterocycles. The van der Waals surface area contributed by atoms with Crippen molar-refractivity contribution in [3.63, 3.8) is 0 Å². The summed E-state index contributed by atoms with van der Waals surface area (Å²) in [6.45, 7) is 0.842. The molecule has 1 N–H and O–H groups in total. The molecular weight excluding hydrogens is 328 g/mol. The maximum absolute atomic E-state index is 11.1. The van der Waals surface area contributed by atoms with E-state index in [4.69, 9.17) is 5.11 Å². The van der Waals surface area contributed by atoms with Gasteiger partial charge in [0, 0.05) is 35.2 Å². The third kappa shape index (κ3) is 4.01. The molecule has 0 aromatic heterocycles. The Hall–Kier alpha value is -1.47. The number of halogens is 1. The molecule has 1 aliphatic rings. The molecule has 1 aromatic carbocycles. The van der Waals surface area contributed by atoms with Crippen LogP contribution in [-0.4, -0.2) is 33.5 Å². The van der Waals surface area contributed by atoms with Gasteiger partial charge in [-0.1, -0.05) is 15.9 Å². The molecule has 108 valence electrons. The van der Waals surface area contributed by atoms with E-state index in [1.165, 1.54) is 6.07 Å². The van der Waals surface area contributed by atoms with Crippen LogP contribution in [0.3, 0.4) is 0 Å². The van der Waals surface area contributed by atoms with Gasteiger partial charge in [-0.25, -0.2) is 0 Å². The van der Waals surface area contributed by atoms with Gasteiger partial charge in [-0.15, -0.1) is 0 Å². The summed E-state index contributed by atoms with van der Waals surface area (Å²) in [7, 11) is 0. The summed E-state index contributed by atoms with van der Waals surface area (Å²) in [5.41, 5.74) is 0.691. The number of rotatable bonds is 7. The van der Waals surface area contributed by atoms with Gasteiger partial charge >= 0.3 is 5.97 Å². The summed E-state index contributed by atoms with van der Waals surface area (Å²) in [5, 5.41) is 19.8. The highest BCUT2D eigenvalue weighted by molar-refractivity contribution is 9.10. The van der Waals surface area contributed by atoms with Crippen LogP contribution in [0.2, 0.25) is 0 Å². The molecule has 1 aliphatic carbocycles. The van der Waals surface area contributed by atoms with Gasteiger partial charge in [-0.3, -0.25) is 19.8 Å². The predicted molar refractivity (Wildman–Crippen MR) is 76.5 cm³/mol. The van der Waals surface area contributed by atoms with Gasteiger partial charge in [0.1, 0.15) is 0 Å².